The first kappa shape index (κ1) is 23.2. The third kappa shape index (κ3) is 5.34. The van der Waals surface area contributed by atoms with Gasteiger partial charge >= 0.3 is 18.3 Å². The molecule has 27 heavy (non-hydrogen) atoms. The molecule has 5 nitrogen and oxygen atoms in total. The molecule has 1 unspecified atom stereocenters. The van der Waals surface area contributed by atoms with E-state index in [1.54, 1.807) is 0 Å². The van der Waals surface area contributed by atoms with Gasteiger partial charge in [-0.2, -0.15) is 26.3 Å². The van der Waals surface area contributed by atoms with Crippen molar-refractivity contribution in [2.45, 2.75) is 36.7 Å². The van der Waals surface area contributed by atoms with Gasteiger partial charge in [-0.3, -0.25) is 9.57 Å². The molecular formula is C15H18F6N2O3S. The summed E-state index contributed by atoms with van der Waals surface area (Å²) >= 11 is 0. The zero-order chi connectivity index (χ0) is 21.1. The quantitative estimate of drug-likeness (QED) is 0.562. The maximum atomic E-state index is 13.6. The van der Waals surface area contributed by atoms with Gasteiger partial charge in [-0.05, 0) is 18.4 Å². The molecule has 12 heteroatoms. The third-order valence-electron chi connectivity index (χ3n) is 4.12. The van der Waals surface area contributed by atoms with Crippen LogP contribution in [-0.4, -0.2) is 45.2 Å². The third-order valence-corrected chi connectivity index (χ3v) is 5.88. The summed E-state index contributed by atoms with van der Waals surface area (Å²) in [5, 5.41) is 8.62. The number of carboxylic acid groups (broad SMARTS) is 1. The molecule has 0 saturated heterocycles. The molecule has 154 valence electrons. The average molecular weight is 420 g/mol. The minimum Gasteiger partial charge on any atom is -0.480 e. The van der Waals surface area contributed by atoms with E-state index in [0.29, 0.717) is 12.1 Å². The maximum Gasteiger partial charge on any atom is 0.407 e. The molecule has 0 aliphatic rings. The molecule has 4 N–H and O–H groups in total. The molecule has 0 bridgehead atoms. The Bertz CT molecular complexity index is 733. The first-order valence-electron chi connectivity index (χ1n) is 7.55. The van der Waals surface area contributed by atoms with Crippen LogP contribution < -0.4 is 5.73 Å². The predicted molar refractivity (Wildman–Crippen MR) is 85.7 cm³/mol. The van der Waals surface area contributed by atoms with E-state index in [0.717, 1.165) is 12.1 Å². The Morgan fingerprint density at radius 2 is 1.56 bits per heavy atom. The lowest BCUT2D eigenvalue weighted by molar-refractivity contribution is -0.304. The molecular weight excluding hydrogens is 402 g/mol. The Hall–Kier alpha value is -1.82. The average Bonchev–Trinajstić information content (AvgIpc) is 2.51. The number of aliphatic carboxylic acids is 1. The minimum absolute atomic E-state index is 0.506. The topological polar surface area (TPSA) is 104 Å². The van der Waals surface area contributed by atoms with Crippen LogP contribution in [0.25, 0.3) is 0 Å². The number of rotatable bonds is 8. The van der Waals surface area contributed by atoms with E-state index in [-0.39, 0.29) is 0 Å². The summed E-state index contributed by atoms with van der Waals surface area (Å²) in [5.41, 5.74) is -0.192. The zero-order valence-corrected chi connectivity index (χ0v) is 14.6. The van der Waals surface area contributed by atoms with Crippen LogP contribution in [0.3, 0.4) is 0 Å². The highest BCUT2D eigenvalue weighted by Crippen LogP contribution is 2.54. The van der Waals surface area contributed by atoms with Crippen LogP contribution in [0.1, 0.15) is 18.4 Å². The van der Waals surface area contributed by atoms with Crippen LogP contribution in [0.5, 0.6) is 0 Å². The molecule has 0 fully saturated rings. The van der Waals surface area contributed by atoms with Crippen LogP contribution in [0.4, 0.5) is 26.3 Å². The Morgan fingerprint density at radius 3 is 1.96 bits per heavy atom. The van der Waals surface area contributed by atoms with E-state index < -0.39 is 69.4 Å². The summed E-state index contributed by atoms with van der Waals surface area (Å²) in [7, 11) is -3.92. The highest BCUT2D eigenvalue weighted by Gasteiger charge is 2.71. The second kappa shape index (κ2) is 8.05. The highest BCUT2D eigenvalue weighted by atomic mass is 32.2. The summed E-state index contributed by atoms with van der Waals surface area (Å²) in [6.07, 6.45) is -13.7. The molecule has 1 aromatic rings. The van der Waals surface area contributed by atoms with Crippen LogP contribution in [0, 0.1) is 4.78 Å². The number of hydrogen-bond donors (Lipinski definition) is 3. The number of nitrogens with one attached hydrogen (secondary N) is 1. The molecule has 1 rings (SSSR count). The normalized spacial score (nSPS) is 16.6. The summed E-state index contributed by atoms with van der Waals surface area (Å²) in [6, 6.07) is 3.12. The van der Waals surface area contributed by atoms with Crippen molar-refractivity contribution in [3.8, 4) is 0 Å². The van der Waals surface area contributed by atoms with Crippen LogP contribution in [0.15, 0.2) is 30.3 Å². The fraction of sp³-hybridized carbons (Fsp3) is 0.533. The van der Waals surface area contributed by atoms with E-state index in [1.165, 1.54) is 6.07 Å². The molecule has 0 aliphatic heterocycles. The van der Waals surface area contributed by atoms with Gasteiger partial charge in [0.1, 0.15) is 6.04 Å². The molecule has 0 amide bonds. The first-order chi connectivity index (χ1) is 12.1. The van der Waals surface area contributed by atoms with Crippen molar-refractivity contribution < 1.29 is 40.5 Å². The van der Waals surface area contributed by atoms with Gasteiger partial charge in [0.15, 0.2) is 5.41 Å². The van der Waals surface area contributed by atoms with Crippen LogP contribution in [0.2, 0.25) is 0 Å². The lowest BCUT2D eigenvalue weighted by Gasteiger charge is -2.38. The van der Waals surface area contributed by atoms with Crippen molar-refractivity contribution in [2.75, 3.05) is 11.5 Å². The first-order valence-corrected chi connectivity index (χ1v) is 9.45. The van der Waals surface area contributed by atoms with Gasteiger partial charge in [0.2, 0.25) is 0 Å². The number of hydrogen-bond acceptors (Lipinski definition) is 4. The smallest absolute Gasteiger partial charge is 0.407 e. The van der Waals surface area contributed by atoms with Gasteiger partial charge in [0.25, 0.3) is 0 Å². The molecule has 0 saturated carbocycles. The number of halogens is 6. The van der Waals surface area contributed by atoms with Crippen molar-refractivity contribution in [3.63, 3.8) is 0 Å². The number of nitrogens with two attached hydrogens (primary N) is 1. The number of carbonyl (C=O) groups is 1. The molecule has 0 radical (unpaired) electrons. The zero-order valence-electron chi connectivity index (χ0n) is 13.8. The van der Waals surface area contributed by atoms with E-state index >= 15 is 0 Å². The van der Waals surface area contributed by atoms with E-state index in [1.807, 2.05) is 0 Å². The molecule has 0 aliphatic carbocycles. The van der Waals surface area contributed by atoms with Gasteiger partial charge in [-0.15, -0.1) is 0 Å². The largest absolute Gasteiger partial charge is 0.480 e. The maximum absolute atomic E-state index is 13.6. The van der Waals surface area contributed by atoms with Gasteiger partial charge in [-0.1, -0.05) is 30.3 Å². The van der Waals surface area contributed by atoms with Crippen molar-refractivity contribution in [3.05, 3.63) is 35.9 Å². The second-order valence-corrected chi connectivity index (χ2v) is 8.41. The molecule has 0 aromatic heterocycles. The summed E-state index contributed by atoms with van der Waals surface area (Å²) in [5.74, 6) is -3.41. The van der Waals surface area contributed by atoms with E-state index in [4.69, 9.17) is 15.6 Å². The Morgan fingerprint density at radius 1 is 1.07 bits per heavy atom. The Labute approximate surface area is 151 Å². The highest BCUT2D eigenvalue weighted by molar-refractivity contribution is 7.92. The summed E-state index contributed by atoms with van der Waals surface area (Å²) in [4.78, 5) is 10.6. The molecule has 0 spiro atoms. The lowest BCUT2D eigenvalue weighted by Crippen LogP contribution is -2.54. The monoisotopic (exact) mass is 420 g/mol. The van der Waals surface area contributed by atoms with Crippen molar-refractivity contribution in [2.24, 2.45) is 5.73 Å². The van der Waals surface area contributed by atoms with Crippen LogP contribution >= 0.6 is 0 Å². The molecule has 0 heterocycles. The van der Waals surface area contributed by atoms with E-state index in [9.17, 15) is 35.3 Å². The second-order valence-electron chi connectivity index (χ2n) is 5.97. The summed E-state index contributed by atoms with van der Waals surface area (Å²) in [6.45, 7) is 0. The standard InChI is InChI=1S/C15H18F6N2O3S/c16-14(17,18)13(15(19,20)21,10-4-2-1-3-5-10)7-9-27(23,26)8-6-11(22)12(24)25/h1-5,11,23H,6-9,22H2,(H,24,25)/t11-,27?/m0/s1. The minimum atomic E-state index is -5.75. The number of benzene rings is 1. The number of alkyl halides is 6. The van der Waals surface area contributed by atoms with Crippen LogP contribution in [-0.2, 0) is 19.9 Å². The fourth-order valence-electron chi connectivity index (χ4n) is 2.50. The van der Waals surface area contributed by atoms with Gasteiger partial charge in [-0.25, -0.2) is 4.21 Å². The number of carboxylic acids is 1. The van der Waals surface area contributed by atoms with Gasteiger partial charge < -0.3 is 10.8 Å². The SMILES string of the molecule is N=S(=O)(CC[C@H](N)C(=O)O)CCC(c1ccccc1)(C(F)(F)F)C(F)(F)F. The van der Waals surface area contributed by atoms with Gasteiger partial charge in [0.05, 0.1) is 0 Å². The van der Waals surface area contributed by atoms with Crippen molar-refractivity contribution in [1.82, 2.24) is 0 Å². The van der Waals surface area contributed by atoms with Gasteiger partial charge in [0, 0.05) is 21.2 Å². The fourth-order valence-corrected chi connectivity index (χ4v) is 3.97. The van der Waals surface area contributed by atoms with Crippen molar-refractivity contribution >= 4 is 15.7 Å². The Kier molecular flexibility index (Phi) is 6.92. The molecule has 1 aromatic carbocycles. The molecule has 2 atom stereocenters. The lowest BCUT2D eigenvalue weighted by atomic mass is 9.76. The Balaban J connectivity index is 3.22. The van der Waals surface area contributed by atoms with Crippen molar-refractivity contribution in [1.29, 1.82) is 4.78 Å². The summed E-state index contributed by atoms with van der Waals surface area (Å²) < 4.78 is 101. The predicted octanol–water partition coefficient (Wildman–Crippen LogP) is 3.29. The van der Waals surface area contributed by atoms with E-state index in [2.05, 4.69) is 0 Å².